The summed E-state index contributed by atoms with van der Waals surface area (Å²) in [6.07, 6.45) is 0. The number of para-hydroxylation sites is 3. The van der Waals surface area contributed by atoms with Gasteiger partial charge in [-0.1, -0.05) is 92.7 Å². The summed E-state index contributed by atoms with van der Waals surface area (Å²) in [5.41, 5.74) is 9.27. The van der Waals surface area contributed by atoms with Gasteiger partial charge in [-0.3, -0.25) is 4.57 Å². The SMILES string of the molecule is CC1(C)c2ccccc2-c2c1c1ccccc1c1c2c2ccccc2n1-c1nc2ccccc2o1. The molecule has 0 spiro atoms. The Morgan fingerprint density at radius 3 is 2.26 bits per heavy atom. The fraction of sp³-hybridized carbons (Fsp3) is 0.0938. The van der Waals surface area contributed by atoms with E-state index in [0.29, 0.717) is 6.01 Å². The zero-order chi connectivity index (χ0) is 23.3. The summed E-state index contributed by atoms with van der Waals surface area (Å²) in [5, 5.41) is 5.01. The van der Waals surface area contributed by atoms with Gasteiger partial charge in [-0.05, 0) is 45.8 Å². The quantitative estimate of drug-likeness (QED) is 0.251. The monoisotopic (exact) mass is 450 g/mol. The molecule has 0 amide bonds. The van der Waals surface area contributed by atoms with Crippen molar-refractivity contribution in [3.8, 4) is 17.1 Å². The number of hydrogen-bond donors (Lipinski definition) is 0. The topological polar surface area (TPSA) is 31.0 Å². The first-order valence-electron chi connectivity index (χ1n) is 12.1. The van der Waals surface area contributed by atoms with Crippen molar-refractivity contribution >= 4 is 43.7 Å². The fourth-order valence-corrected chi connectivity index (χ4v) is 6.37. The van der Waals surface area contributed by atoms with Gasteiger partial charge in [0.2, 0.25) is 0 Å². The fourth-order valence-electron chi connectivity index (χ4n) is 6.37. The highest BCUT2D eigenvalue weighted by molar-refractivity contribution is 6.26. The molecule has 0 saturated carbocycles. The average Bonchev–Trinajstić information content (AvgIpc) is 3.53. The predicted molar refractivity (Wildman–Crippen MR) is 143 cm³/mol. The smallest absolute Gasteiger partial charge is 0.307 e. The summed E-state index contributed by atoms with van der Waals surface area (Å²) in [6, 6.07) is 34.9. The molecule has 0 fully saturated rings. The molecule has 0 atom stereocenters. The zero-order valence-corrected chi connectivity index (χ0v) is 19.5. The van der Waals surface area contributed by atoms with Crippen LogP contribution in [0.3, 0.4) is 0 Å². The van der Waals surface area contributed by atoms with E-state index < -0.39 is 0 Å². The van der Waals surface area contributed by atoms with Crippen LogP contribution in [-0.2, 0) is 5.41 Å². The Morgan fingerprint density at radius 1 is 0.714 bits per heavy atom. The van der Waals surface area contributed by atoms with Crippen LogP contribution >= 0.6 is 0 Å². The zero-order valence-electron chi connectivity index (χ0n) is 19.5. The van der Waals surface area contributed by atoms with E-state index in [-0.39, 0.29) is 5.41 Å². The molecule has 0 aliphatic heterocycles. The van der Waals surface area contributed by atoms with Gasteiger partial charge in [-0.15, -0.1) is 0 Å². The van der Waals surface area contributed by atoms with E-state index in [0.717, 1.165) is 22.1 Å². The molecule has 0 radical (unpaired) electrons. The van der Waals surface area contributed by atoms with Crippen molar-refractivity contribution < 1.29 is 4.42 Å². The van der Waals surface area contributed by atoms with Crippen molar-refractivity contribution in [1.29, 1.82) is 0 Å². The van der Waals surface area contributed by atoms with Crippen LogP contribution in [0.25, 0.3) is 60.8 Å². The standard InChI is InChI=1S/C32H22N2O/c1-32(2)23-15-7-5-13-21(23)27-28-22-14-6-9-17-25(22)34(31-33-24-16-8-10-18-26(24)35-31)30(28)20-12-4-3-11-19(20)29(27)32/h3-18H,1-2H3. The molecule has 3 heteroatoms. The first-order chi connectivity index (χ1) is 17.1. The molecule has 35 heavy (non-hydrogen) atoms. The number of nitrogens with zero attached hydrogens (tertiary/aromatic N) is 2. The third-order valence-electron chi connectivity index (χ3n) is 7.79. The first-order valence-corrected chi connectivity index (χ1v) is 12.1. The number of benzene rings is 5. The molecule has 8 rings (SSSR count). The van der Waals surface area contributed by atoms with E-state index >= 15 is 0 Å². The number of hydrogen-bond acceptors (Lipinski definition) is 2. The van der Waals surface area contributed by atoms with E-state index in [1.165, 1.54) is 43.8 Å². The Balaban J connectivity index is 1.68. The van der Waals surface area contributed by atoms with E-state index in [1.54, 1.807) is 0 Å². The number of oxazole rings is 1. The van der Waals surface area contributed by atoms with Gasteiger partial charge in [0, 0.05) is 21.6 Å². The molecular weight excluding hydrogens is 428 g/mol. The van der Waals surface area contributed by atoms with Crippen molar-refractivity contribution in [2.24, 2.45) is 0 Å². The van der Waals surface area contributed by atoms with Gasteiger partial charge in [-0.25, -0.2) is 0 Å². The molecule has 166 valence electrons. The van der Waals surface area contributed by atoms with Crippen molar-refractivity contribution in [1.82, 2.24) is 9.55 Å². The highest BCUT2D eigenvalue weighted by Gasteiger charge is 2.39. The summed E-state index contributed by atoms with van der Waals surface area (Å²) in [4.78, 5) is 4.93. The molecule has 3 nitrogen and oxygen atoms in total. The van der Waals surface area contributed by atoms with Crippen LogP contribution in [0.15, 0.2) is 101 Å². The van der Waals surface area contributed by atoms with Gasteiger partial charge >= 0.3 is 6.01 Å². The first kappa shape index (κ1) is 19.0. The average molecular weight is 451 g/mol. The van der Waals surface area contributed by atoms with E-state index in [4.69, 9.17) is 9.40 Å². The molecule has 5 aromatic carbocycles. The summed E-state index contributed by atoms with van der Waals surface area (Å²) >= 11 is 0. The molecule has 7 aromatic rings. The summed E-state index contributed by atoms with van der Waals surface area (Å²) in [5.74, 6) is 0. The van der Waals surface area contributed by atoms with Gasteiger partial charge in [-0.2, -0.15) is 4.98 Å². The van der Waals surface area contributed by atoms with Crippen LogP contribution in [0.5, 0.6) is 0 Å². The van der Waals surface area contributed by atoms with E-state index in [9.17, 15) is 0 Å². The van der Waals surface area contributed by atoms with Crippen LogP contribution in [0.4, 0.5) is 0 Å². The van der Waals surface area contributed by atoms with Gasteiger partial charge in [0.25, 0.3) is 0 Å². The summed E-state index contributed by atoms with van der Waals surface area (Å²) in [7, 11) is 0. The second kappa shape index (κ2) is 6.39. The normalized spacial score (nSPS) is 14.2. The highest BCUT2D eigenvalue weighted by atomic mass is 16.4. The Bertz CT molecular complexity index is 1950. The second-order valence-electron chi connectivity index (χ2n) is 10.0. The van der Waals surface area contributed by atoms with Crippen LogP contribution in [0.1, 0.15) is 25.0 Å². The maximum Gasteiger partial charge on any atom is 0.307 e. The van der Waals surface area contributed by atoms with Crippen LogP contribution in [-0.4, -0.2) is 9.55 Å². The van der Waals surface area contributed by atoms with Gasteiger partial charge < -0.3 is 4.42 Å². The van der Waals surface area contributed by atoms with Gasteiger partial charge in [0.05, 0.1) is 11.0 Å². The lowest BCUT2D eigenvalue weighted by Gasteiger charge is -2.23. The van der Waals surface area contributed by atoms with Crippen molar-refractivity contribution in [3.05, 3.63) is 108 Å². The minimum atomic E-state index is -0.0967. The maximum absolute atomic E-state index is 6.36. The molecule has 0 saturated heterocycles. The largest absolute Gasteiger partial charge is 0.423 e. The minimum absolute atomic E-state index is 0.0967. The predicted octanol–water partition coefficient (Wildman–Crippen LogP) is 8.38. The Kier molecular flexibility index (Phi) is 3.47. The summed E-state index contributed by atoms with van der Waals surface area (Å²) < 4.78 is 8.58. The molecule has 0 bridgehead atoms. The Hall–Kier alpha value is -4.37. The van der Waals surface area contributed by atoms with Crippen LogP contribution < -0.4 is 0 Å². The van der Waals surface area contributed by atoms with Crippen molar-refractivity contribution in [3.63, 3.8) is 0 Å². The number of fused-ring (bicyclic) bond motifs is 11. The van der Waals surface area contributed by atoms with Crippen molar-refractivity contribution in [2.75, 3.05) is 0 Å². The van der Waals surface area contributed by atoms with Gasteiger partial charge in [0.15, 0.2) is 5.58 Å². The molecule has 2 aromatic heterocycles. The van der Waals surface area contributed by atoms with Gasteiger partial charge in [0.1, 0.15) is 5.52 Å². The highest BCUT2D eigenvalue weighted by Crippen LogP contribution is 2.56. The third kappa shape index (κ3) is 2.28. The molecule has 1 aliphatic rings. The number of aromatic nitrogens is 2. The molecule has 1 aliphatic carbocycles. The maximum atomic E-state index is 6.36. The lowest BCUT2D eigenvalue weighted by molar-refractivity contribution is 0.574. The Morgan fingerprint density at radius 2 is 1.40 bits per heavy atom. The lowest BCUT2D eigenvalue weighted by atomic mass is 9.79. The molecular formula is C32H22N2O. The third-order valence-corrected chi connectivity index (χ3v) is 7.79. The summed E-state index contributed by atoms with van der Waals surface area (Å²) in [6.45, 7) is 4.71. The van der Waals surface area contributed by atoms with Crippen LogP contribution in [0.2, 0.25) is 0 Å². The molecule has 2 heterocycles. The number of rotatable bonds is 1. The Labute approximate surface area is 202 Å². The minimum Gasteiger partial charge on any atom is -0.423 e. The molecule has 0 unspecified atom stereocenters. The van der Waals surface area contributed by atoms with Crippen molar-refractivity contribution in [2.45, 2.75) is 19.3 Å². The van der Waals surface area contributed by atoms with Crippen LogP contribution in [0, 0.1) is 0 Å². The molecule has 0 N–H and O–H groups in total. The van der Waals surface area contributed by atoms with E-state index in [2.05, 4.69) is 91.2 Å². The second-order valence-corrected chi connectivity index (χ2v) is 10.0. The van der Waals surface area contributed by atoms with E-state index in [1.807, 2.05) is 24.3 Å². The lowest BCUT2D eigenvalue weighted by Crippen LogP contribution is -2.15.